The van der Waals surface area contributed by atoms with Crippen LogP contribution in [0.5, 0.6) is 0 Å². The van der Waals surface area contributed by atoms with Gasteiger partial charge in [0.25, 0.3) is 0 Å². The Morgan fingerprint density at radius 3 is 1.69 bits per heavy atom. The van der Waals surface area contributed by atoms with Gasteiger partial charge in [-0.3, -0.25) is 9.59 Å². The molecule has 0 aliphatic heterocycles. The van der Waals surface area contributed by atoms with Gasteiger partial charge in [-0.1, -0.05) is 72.1 Å². The first kappa shape index (κ1) is 25.5. The van der Waals surface area contributed by atoms with Gasteiger partial charge in [-0.05, 0) is 19.3 Å². The van der Waals surface area contributed by atoms with Crippen LogP contribution in [0.2, 0.25) is 0 Å². The van der Waals surface area contributed by atoms with Gasteiger partial charge in [-0.15, -0.1) is 23.2 Å². The van der Waals surface area contributed by atoms with Crippen LogP contribution < -0.4 is 0 Å². The fourth-order valence-corrected chi connectivity index (χ4v) is 3.03. The molecule has 154 valence electrons. The average molecular weight is 411 g/mol. The quantitative estimate of drug-likeness (QED) is 0.131. The highest BCUT2D eigenvalue weighted by Gasteiger charge is 2.46. The number of hydrogen-bond acceptors (Lipinski definition) is 4. The normalized spacial score (nSPS) is 11.6. The molecule has 0 saturated carbocycles. The highest BCUT2D eigenvalue weighted by molar-refractivity contribution is 6.44. The molecule has 0 aromatic rings. The van der Waals surface area contributed by atoms with E-state index in [-0.39, 0.29) is 6.61 Å². The number of unbranched alkanes of at least 4 members (excludes halogenated alkanes) is 8. The highest BCUT2D eigenvalue weighted by atomic mass is 35.5. The van der Waals surface area contributed by atoms with Gasteiger partial charge in [0.05, 0.1) is 6.61 Å². The zero-order valence-corrected chi connectivity index (χ0v) is 18.2. The molecule has 0 unspecified atom stereocenters. The van der Waals surface area contributed by atoms with E-state index in [0.717, 1.165) is 19.3 Å². The molecule has 0 heterocycles. The maximum Gasteiger partial charge on any atom is 0.323 e. The summed E-state index contributed by atoms with van der Waals surface area (Å²) in [6.07, 6.45) is 11.4. The van der Waals surface area contributed by atoms with E-state index in [1.807, 2.05) is 0 Å². The van der Waals surface area contributed by atoms with Crippen LogP contribution in [-0.2, 0) is 19.1 Å². The lowest BCUT2D eigenvalue weighted by Gasteiger charge is -2.27. The van der Waals surface area contributed by atoms with E-state index >= 15 is 0 Å². The molecular weight excluding hydrogens is 375 g/mol. The Balaban J connectivity index is 4.10. The van der Waals surface area contributed by atoms with E-state index < -0.39 is 22.2 Å². The topological polar surface area (TPSA) is 52.6 Å². The van der Waals surface area contributed by atoms with E-state index in [1.54, 1.807) is 13.8 Å². The van der Waals surface area contributed by atoms with E-state index in [9.17, 15) is 9.59 Å². The third-order valence-electron chi connectivity index (χ3n) is 4.81. The van der Waals surface area contributed by atoms with Crippen molar-refractivity contribution in [3.63, 3.8) is 0 Å². The molecule has 0 spiro atoms. The van der Waals surface area contributed by atoms with Crippen molar-refractivity contribution in [1.29, 1.82) is 0 Å². The summed E-state index contributed by atoms with van der Waals surface area (Å²) in [4.78, 5) is 24.0. The highest BCUT2D eigenvalue weighted by Crippen LogP contribution is 2.30. The fraction of sp³-hybridized carbons (Fsp3) is 0.900. The number of esters is 2. The van der Waals surface area contributed by atoms with Crippen LogP contribution in [0.25, 0.3) is 0 Å². The first-order chi connectivity index (χ1) is 12.4. The SMILES string of the molecule is CCCCCCCCCCCOC(=O)C(CC)(CC)C(=O)OCC(Cl)Cl. The molecule has 0 aliphatic carbocycles. The standard InChI is InChI=1S/C20H36Cl2O4/c1-4-7-8-9-10-11-12-13-14-15-25-18(23)20(5-2,6-3)19(24)26-16-17(21)22/h17H,4-16H2,1-3H3. The maximum absolute atomic E-state index is 12.5. The molecule has 0 fully saturated rings. The molecule has 0 aromatic heterocycles. The molecule has 0 N–H and O–H groups in total. The Labute approximate surface area is 169 Å². The van der Waals surface area contributed by atoms with Gasteiger partial charge >= 0.3 is 11.9 Å². The van der Waals surface area contributed by atoms with Crippen LogP contribution in [0.3, 0.4) is 0 Å². The van der Waals surface area contributed by atoms with Crippen molar-refractivity contribution in [3.05, 3.63) is 0 Å². The summed E-state index contributed by atoms with van der Waals surface area (Å²) in [5, 5.41) is 0. The van der Waals surface area contributed by atoms with Crippen molar-refractivity contribution in [1.82, 2.24) is 0 Å². The van der Waals surface area contributed by atoms with Crippen LogP contribution in [-0.4, -0.2) is 30.0 Å². The summed E-state index contributed by atoms with van der Waals surface area (Å²) in [5.41, 5.74) is -1.26. The van der Waals surface area contributed by atoms with E-state index in [1.165, 1.54) is 38.5 Å². The molecule has 0 rings (SSSR count). The second-order valence-electron chi connectivity index (χ2n) is 6.74. The molecule has 0 atom stereocenters. The Hall–Kier alpha value is -0.480. The third-order valence-corrected chi connectivity index (χ3v) is 5.06. The van der Waals surface area contributed by atoms with Gasteiger partial charge < -0.3 is 9.47 Å². The first-order valence-corrected chi connectivity index (χ1v) is 10.9. The smallest absolute Gasteiger partial charge is 0.323 e. The number of alkyl halides is 2. The molecule has 0 aromatic carbocycles. The Morgan fingerprint density at radius 1 is 0.769 bits per heavy atom. The number of hydrogen-bond donors (Lipinski definition) is 0. The van der Waals surface area contributed by atoms with Gasteiger partial charge in [0.15, 0.2) is 5.41 Å². The molecule has 6 heteroatoms. The molecule has 0 saturated heterocycles. The minimum atomic E-state index is -1.26. The summed E-state index contributed by atoms with van der Waals surface area (Å²) < 4.78 is 10.4. The Morgan fingerprint density at radius 2 is 1.23 bits per heavy atom. The summed E-state index contributed by atoms with van der Waals surface area (Å²) in [7, 11) is 0. The van der Waals surface area contributed by atoms with Crippen molar-refractivity contribution in [2.75, 3.05) is 13.2 Å². The first-order valence-electron chi connectivity index (χ1n) is 10.1. The van der Waals surface area contributed by atoms with Gasteiger partial charge in [-0.25, -0.2) is 0 Å². The van der Waals surface area contributed by atoms with Crippen molar-refractivity contribution in [3.8, 4) is 0 Å². The lowest BCUT2D eigenvalue weighted by Crippen LogP contribution is -2.41. The van der Waals surface area contributed by atoms with E-state index in [0.29, 0.717) is 19.4 Å². The van der Waals surface area contributed by atoms with Crippen molar-refractivity contribution in [2.24, 2.45) is 5.41 Å². The van der Waals surface area contributed by atoms with Gasteiger partial charge in [0, 0.05) is 0 Å². The number of carbonyl (C=O) groups excluding carboxylic acids is 2. The minimum Gasteiger partial charge on any atom is -0.465 e. The van der Waals surface area contributed by atoms with Gasteiger partial charge in [0.1, 0.15) is 11.4 Å². The number of ether oxygens (including phenoxy) is 2. The Kier molecular flexibility index (Phi) is 15.3. The summed E-state index contributed by atoms with van der Waals surface area (Å²) in [5.74, 6) is -1.11. The number of rotatable bonds is 16. The largest absolute Gasteiger partial charge is 0.465 e. The lowest BCUT2D eigenvalue weighted by molar-refractivity contribution is -0.173. The second-order valence-corrected chi connectivity index (χ2v) is 8.02. The minimum absolute atomic E-state index is 0.130. The van der Waals surface area contributed by atoms with Crippen LogP contribution in [0.1, 0.15) is 91.4 Å². The summed E-state index contributed by atoms with van der Waals surface area (Å²) >= 11 is 11.2. The predicted octanol–water partition coefficient (Wildman–Crippen LogP) is 6.21. The van der Waals surface area contributed by atoms with E-state index in [2.05, 4.69) is 6.92 Å². The molecule has 0 amide bonds. The molecule has 0 aliphatic rings. The van der Waals surface area contributed by atoms with Crippen molar-refractivity contribution in [2.45, 2.75) is 96.2 Å². The van der Waals surface area contributed by atoms with Gasteiger partial charge in [-0.2, -0.15) is 0 Å². The van der Waals surface area contributed by atoms with Crippen LogP contribution in [0, 0.1) is 5.41 Å². The zero-order valence-electron chi connectivity index (χ0n) is 16.7. The maximum atomic E-state index is 12.5. The monoisotopic (exact) mass is 410 g/mol. The Bertz CT molecular complexity index is 382. The number of halogens is 2. The fourth-order valence-electron chi connectivity index (χ4n) is 2.90. The molecule has 4 nitrogen and oxygen atoms in total. The molecule has 26 heavy (non-hydrogen) atoms. The second kappa shape index (κ2) is 15.6. The molecule has 0 radical (unpaired) electrons. The molecular formula is C20H36Cl2O4. The van der Waals surface area contributed by atoms with Crippen molar-refractivity contribution < 1.29 is 19.1 Å². The predicted molar refractivity (Wildman–Crippen MR) is 108 cm³/mol. The van der Waals surface area contributed by atoms with Crippen LogP contribution >= 0.6 is 23.2 Å². The third kappa shape index (κ3) is 10.0. The molecule has 0 bridgehead atoms. The van der Waals surface area contributed by atoms with Gasteiger partial charge in [0.2, 0.25) is 0 Å². The average Bonchev–Trinajstić information content (AvgIpc) is 2.63. The van der Waals surface area contributed by atoms with Crippen LogP contribution in [0.15, 0.2) is 0 Å². The zero-order chi connectivity index (χ0) is 19.8. The van der Waals surface area contributed by atoms with Crippen molar-refractivity contribution >= 4 is 35.1 Å². The lowest BCUT2D eigenvalue weighted by atomic mass is 9.82. The summed E-state index contributed by atoms with van der Waals surface area (Å²) in [6.45, 7) is 6.00. The van der Waals surface area contributed by atoms with E-state index in [4.69, 9.17) is 32.7 Å². The van der Waals surface area contributed by atoms with Crippen LogP contribution in [0.4, 0.5) is 0 Å². The summed E-state index contributed by atoms with van der Waals surface area (Å²) in [6, 6.07) is 0. The number of carbonyl (C=O) groups is 2.